The molecule has 0 aliphatic carbocycles. The Balaban J connectivity index is 1.68. The molecule has 0 fully saturated rings. The lowest BCUT2D eigenvalue weighted by Crippen LogP contribution is -2.35. The first-order valence-corrected chi connectivity index (χ1v) is 14.1. The lowest BCUT2D eigenvalue weighted by molar-refractivity contribution is -0.137. The Hall–Kier alpha value is -5.49. The highest BCUT2D eigenvalue weighted by Crippen LogP contribution is 2.32. The van der Waals surface area contributed by atoms with E-state index in [0.29, 0.717) is 29.5 Å². The number of nitrogens with zero attached hydrogens (tertiary/aromatic N) is 8. The zero-order chi connectivity index (χ0) is 33.3. The summed E-state index contributed by atoms with van der Waals surface area (Å²) in [6, 6.07) is 11.6. The molecule has 0 aliphatic heterocycles. The van der Waals surface area contributed by atoms with Gasteiger partial charge in [-0.3, -0.25) is 14.3 Å². The van der Waals surface area contributed by atoms with E-state index in [1.54, 1.807) is 30.3 Å². The van der Waals surface area contributed by atoms with E-state index in [2.05, 4.69) is 25.5 Å². The Bertz CT molecular complexity index is 1980. The molecule has 46 heavy (non-hydrogen) atoms. The Kier molecular flexibility index (Phi) is 8.66. The van der Waals surface area contributed by atoms with Gasteiger partial charge < -0.3 is 14.6 Å². The average Bonchev–Trinajstić information content (AvgIpc) is 3.73. The molecule has 1 atom stereocenters. The highest BCUT2D eigenvalue weighted by Gasteiger charge is 2.34. The molecular formula is C31H30F3N9O3. The number of hydrogen-bond donors (Lipinski definition) is 1. The monoisotopic (exact) mass is 633 g/mol. The van der Waals surface area contributed by atoms with Gasteiger partial charge in [0, 0.05) is 7.05 Å². The molecule has 5 aromatic rings. The molecule has 0 radical (unpaired) electrons. The highest BCUT2D eigenvalue weighted by molar-refractivity contribution is 6.00. The van der Waals surface area contributed by atoms with Crippen molar-refractivity contribution in [3.05, 3.63) is 105 Å². The second-order valence-corrected chi connectivity index (χ2v) is 11.1. The predicted octanol–water partition coefficient (Wildman–Crippen LogP) is 5.17. The summed E-state index contributed by atoms with van der Waals surface area (Å²) in [7, 11) is 5.14. The Labute approximate surface area is 261 Å². The molecular weight excluding hydrogens is 603 g/mol. The van der Waals surface area contributed by atoms with Crippen molar-refractivity contribution in [2.24, 2.45) is 13.0 Å². The number of nitrogens with one attached hydrogen (secondary N) is 1. The van der Waals surface area contributed by atoms with Gasteiger partial charge in [0.1, 0.15) is 17.3 Å². The summed E-state index contributed by atoms with van der Waals surface area (Å²) in [4.78, 5) is 33.5. The maximum atomic E-state index is 14.1. The molecule has 0 spiro atoms. The summed E-state index contributed by atoms with van der Waals surface area (Å²) >= 11 is 0. The molecule has 15 heteroatoms. The third kappa shape index (κ3) is 6.20. The number of carbonyl (C=O) groups excluding carboxylic acids is 1. The molecule has 5 rings (SSSR count). The van der Waals surface area contributed by atoms with Crippen LogP contribution in [-0.4, -0.2) is 54.2 Å². The zero-order valence-electron chi connectivity index (χ0n) is 25.6. The van der Waals surface area contributed by atoms with Gasteiger partial charge >= 0.3 is 6.18 Å². The second-order valence-electron chi connectivity index (χ2n) is 11.1. The molecule has 3 heterocycles. The van der Waals surface area contributed by atoms with Gasteiger partial charge in [0.15, 0.2) is 5.69 Å². The molecule has 1 N–H and O–H groups in total. The van der Waals surface area contributed by atoms with Crippen molar-refractivity contribution < 1.29 is 22.4 Å². The quantitative estimate of drug-likeness (QED) is 0.223. The number of benzene rings is 2. The largest absolute Gasteiger partial charge is 0.422 e. The van der Waals surface area contributed by atoms with Crippen LogP contribution >= 0.6 is 0 Å². The summed E-state index contributed by atoms with van der Waals surface area (Å²) in [6.07, 6.45) is -3.20. The molecule has 238 valence electrons. The third-order valence-electron chi connectivity index (χ3n) is 7.17. The van der Waals surface area contributed by atoms with E-state index < -0.39 is 29.2 Å². The van der Waals surface area contributed by atoms with Crippen LogP contribution in [0.4, 0.5) is 18.9 Å². The van der Waals surface area contributed by atoms with E-state index in [1.807, 2.05) is 32.8 Å². The van der Waals surface area contributed by atoms with Crippen molar-refractivity contribution in [1.82, 2.24) is 39.6 Å². The minimum Gasteiger partial charge on any atom is -0.422 e. The summed E-state index contributed by atoms with van der Waals surface area (Å²) < 4.78 is 50.6. The molecule has 12 nitrogen and oxygen atoms in total. The van der Waals surface area contributed by atoms with Crippen molar-refractivity contribution in [3.63, 3.8) is 0 Å². The molecule has 2 aromatic carbocycles. The molecule has 3 aromatic heterocycles. The fourth-order valence-corrected chi connectivity index (χ4v) is 5.02. The zero-order valence-corrected chi connectivity index (χ0v) is 25.6. The van der Waals surface area contributed by atoms with Crippen LogP contribution in [0, 0.1) is 12.5 Å². The van der Waals surface area contributed by atoms with Gasteiger partial charge in [-0.05, 0) is 56.4 Å². The number of carbonyl (C=O) groups is 1. The number of aromatic nitrogens is 6. The number of alkyl halides is 3. The van der Waals surface area contributed by atoms with Crippen molar-refractivity contribution in [2.45, 2.75) is 32.6 Å². The van der Waals surface area contributed by atoms with E-state index in [4.69, 9.17) is 11.0 Å². The normalized spacial score (nSPS) is 12.5. The van der Waals surface area contributed by atoms with Gasteiger partial charge in [-0.15, -0.1) is 10.2 Å². The van der Waals surface area contributed by atoms with Crippen LogP contribution < -0.4 is 10.9 Å². The van der Waals surface area contributed by atoms with Crippen LogP contribution in [-0.2, 0) is 19.8 Å². The van der Waals surface area contributed by atoms with Crippen LogP contribution in [0.5, 0.6) is 0 Å². The summed E-state index contributed by atoms with van der Waals surface area (Å²) in [5, 5.41) is 15.4. The Morgan fingerprint density at radius 3 is 2.43 bits per heavy atom. The average molecular weight is 634 g/mol. The maximum absolute atomic E-state index is 14.1. The van der Waals surface area contributed by atoms with Gasteiger partial charge in [-0.1, -0.05) is 32.0 Å². The lowest BCUT2D eigenvalue weighted by Gasteiger charge is -2.19. The minimum atomic E-state index is -4.66. The fraction of sp³-hybridized carbons (Fsp3) is 0.290. The molecule has 0 saturated heterocycles. The van der Waals surface area contributed by atoms with Crippen molar-refractivity contribution in [3.8, 4) is 22.8 Å². The lowest BCUT2D eigenvalue weighted by atomic mass is 10.0. The summed E-state index contributed by atoms with van der Waals surface area (Å²) in [5.74, 6) is -0.578. The topological polar surface area (TPSA) is 120 Å². The fourth-order valence-electron chi connectivity index (χ4n) is 5.02. The Morgan fingerprint density at radius 1 is 1.09 bits per heavy atom. The van der Waals surface area contributed by atoms with Crippen LogP contribution in [0.1, 0.15) is 47.6 Å². The van der Waals surface area contributed by atoms with Gasteiger partial charge in [0.25, 0.3) is 11.5 Å². The van der Waals surface area contributed by atoms with Gasteiger partial charge in [0.2, 0.25) is 11.8 Å². The molecule has 0 saturated carbocycles. The van der Waals surface area contributed by atoms with Crippen LogP contribution in [0.25, 0.3) is 27.6 Å². The summed E-state index contributed by atoms with van der Waals surface area (Å²) in [6.45, 7) is 11.3. The standard InChI is InChI=1S/C31H30F3N9O3/c1-18(2)26(29-39-38-24(46-29)17-40(4)5)37-28(44)25-27(23-14-15-36-42(23)21-12-10-20(35-3)11-13-21)41(6)43(30(25)45)22-9-7-8-19(16-22)31(32,33)34/h7-16,18,26H,17H2,1-2,4-6H3,(H,37,44)/t26-/m0/s1. The van der Waals surface area contributed by atoms with Crippen LogP contribution in [0.2, 0.25) is 0 Å². The molecule has 0 unspecified atom stereocenters. The smallest absolute Gasteiger partial charge is 0.416 e. The second kappa shape index (κ2) is 12.5. The summed E-state index contributed by atoms with van der Waals surface area (Å²) in [5.41, 5.74) is -0.926. The first kappa shape index (κ1) is 31.9. The number of hydrogen-bond acceptors (Lipinski definition) is 7. The van der Waals surface area contributed by atoms with Crippen molar-refractivity contribution in [2.75, 3.05) is 14.1 Å². The van der Waals surface area contributed by atoms with Crippen LogP contribution in [0.15, 0.2) is 70.0 Å². The number of amides is 1. The maximum Gasteiger partial charge on any atom is 0.416 e. The van der Waals surface area contributed by atoms with Crippen LogP contribution in [0.3, 0.4) is 0 Å². The molecule has 1 amide bonds. The van der Waals surface area contributed by atoms with Gasteiger partial charge in [-0.2, -0.15) is 18.3 Å². The third-order valence-corrected chi connectivity index (χ3v) is 7.17. The van der Waals surface area contributed by atoms with E-state index in [0.717, 1.165) is 16.8 Å². The van der Waals surface area contributed by atoms with E-state index in [9.17, 15) is 22.8 Å². The highest BCUT2D eigenvalue weighted by atomic mass is 19.4. The number of halogens is 3. The van der Waals surface area contributed by atoms with Gasteiger partial charge in [0.05, 0.1) is 41.9 Å². The first-order chi connectivity index (χ1) is 21.8. The van der Waals surface area contributed by atoms with Crippen molar-refractivity contribution in [1.29, 1.82) is 0 Å². The first-order valence-electron chi connectivity index (χ1n) is 14.1. The van der Waals surface area contributed by atoms with E-state index in [1.165, 1.54) is 34.7 Å². The van der Waals surface area contributed by atoms with E-state index in [-0.39, 0.29) is 28.8 Å². The Morgan fingerprint density at radius 2 is 1.80 bits per heavy atom. The van der Waals surface area contributed by atoms with Gasteiger partial charge in [-0.25, -0.2) is 14.2 Å². The predicted molar refractivity (Wildman–Crippen MR) is 162 cm³/mol. The minimum absolute atomic E-state index is 0.0907. The number of rotatable bonds is 9. The SMILES string of the molecule is [C-]#[N+]c1ccc(-n2nccc2-c2c(C(=O)N[C@H](c3nnc(CN(C)C)o3)C(C)C)c(=O)n(-c3cccc(C(F)(F)F)c3)n2C)cc1. The molecule has 0 aliphatic rings. The van der Waals surface area contributed by atoms with E-state index >= 15 is 0 Å². The van der Waals surface area contributed by atoms with Crippen molar-refractivity contribution >= 4 is 11.6 Å². The molecule has 0 bridgehead atoms.